The van der Waals surface area contributed by atoms with Crippen LogP contribution in [0.2, 0.25) is 0 Å². The van der Waals surface area contributed by atoms with Crippen molar-refractivity contribution in [3.63, 3.8) is 0 Å². The highest BCUT2D eigenvalue weighted by Crippen LogP contribution is 2.23. The molecule has 0 unspecified atom stereocenters. The third-order valence-corrected chi connectivity index (χ3v) is 6.45. The van der Waals surface area contributed by atoms with Gasteiger partial charge in [0.15, 0.2) is 0 Å². The molecule has 0 aliphatic rings. The molecule has 0 aliphatic carbocycles. The average Bonchev–Trinajstić information content (AvgIpc) is 2.91. The summed E-state index contributed by atoms with van der Waals surface area (Å²) in [6, 6.07) is 19.9. The van der Waals surface area contributed by atoms with Crippen molar-refractivity contribution in [2.45, 2.75) is 46.5 Å². The summed E-state index contributed by atoms with van der Waals surface area (Å²) >= 11 is 0. The minimum atomic E-state index is 0.111. The minimum Gasteiger partial charge on any atom is -0.375 e. The summed E-state index contributed by atoms with van der Waals surface area (Å²) in [5.74, 6) is 0. The van der Waals surface area contributed by atoms with Crippen LogP contribution in [0.1, 0.15) is 54.9 Å². The highest BCUT2D eigenvalue weighted by Gasteiger charge is 2.08. The van der Waals surface area contributed by atoms with Crippen LogP contribution in [0, 0.1) is 59.2 Å². The van der Waals surface area contributed by atoms with Gasteiger partial charge in [-0.15, -0.1) is 0 Å². The van der Waals surface area contributed by atoms with E-state index in [1.54, 1.807) is 12.2 Å². The molecule has 6 nitrogen and oxygen atoms in total. The number of hydrogen-bond donors (Lipinski definition) is 0. The molecule has 0 atom stereocenters. The maximum absolute atomic E-state index is 9.00. The van der Waals surface area contributed by atoms with Gasteiger partial charge in [0, 0.05) is 38.1 Å². The third kappa shape index (κ3) is 8.58. The van der Waals surface area contributed by atoms with Crippen molar-refractivity contribution in [2.24, 2.45) is 0 Å². The zero-order valence-corrected chi connectivity index (χ0v) is 22.3. The lowest BCUT2D eigenvalue weighted by Crippen LogP contribution is -2.24. The van der Waals surface area contributed by atoms with E-state index in [9.17, 15) is 0 Å². The Morgan fingerprint density at radius 2 is 1.16 bits per heavy atom. The lowest BCUT2D eigenvalue weighted by Gasteiger charge is -2.24. The molecule has 0 radical (unpaired) electrons. The van der Waals surface area contributed by atoms with Gasteiger partial charge < -0.3 is 9.80 Å². The number of allylic oxidation sites excluding steroid dienone is 2. The first-order valence-electron chi connectivity index (χ1n) is 12.6. The summed E-state index contributed by atoms with van der Waals surface area (Å²) in [4.78, 5) is 4.61. The first-order valence-corrected chi connectivity index (χ1v) is 12.6. The maximum atomic E-state index is 9.00. The van der Waals surface area contributed by atoms with Gasteiger partial charge in [-0.05, 0) is 92.3 Å². The van der Waals surface area contributed by atoms with Crippen molar-refractivity contribution in [1.82, 2.24) is 0 Å². The van der Waals surface area contributed by atoms with Crippen LogP contribution >= 0.6 is 0 Å². The zero-order valence-electron chi connectivity index (χ0n) is 22.3. The quantitative estimate of drug-likeness (QED) is 0.243. The molecule has 37 heavy (non-hydrogen) atoms. The molecule has 6 heteroatoms. The molecule has 0 aromatic heterocycles. The smallest absolute Gasteiger partial charge is 0.130 e. The Morgan fingerprint density at radius 3 is 1.62 bits per heavy atom. The summed E-state index contributed by atoms with van der Waals surface area (Å²) in [6.07, 6.45) is 7.81. The number of hydrogen-bond acceptors (Lipinski definition) is 6. The Labute approximate surface area is 221 Å². The van der Waals surface area contributed by atoms with Gasteiger partial charge in [-0.2, -0.15) is 21.0 Å². The van der Waals surface area contributed by atoms with Gasteiger partial charge >= 0.3 is 0 Å². The third-order valence-electron chi connectivity index (χ3n) is 6.45. The number of nitriles is 4. The Hall–Kier alpha value is -4.52. The Morgan fingerprint density at radius 1 is 0.703 bits per heavy atom. The molecule has 2 aromatic rings. The zero-order chi connectivity index (χ0) is 27.2. The molecule has 0 N–H and O–H groups in total. The van der Waals surface area contributed by atoms with Crippen LogP contribution in [0.3, 0.4) is 0 Å². The number of unbranched alkanes of at least 4 members (excludes halogenated alkanes) is 3. The van der Waals surface area contributed by atoms with E-state index in [0.29, 0.717) is 0 Å². The van der Waals surface area contributed by atoms with Crippen LogP contribution in [-0.4, -0.2) is 26.7 Å². The fourth-order valence-electron chi connectivity index (χ4n) is 4.17. The van der Waals surface area contributed by atoms with Crippen LogP contribution in [0.4, 0.5) is 11.4 Å². The lowest BCUT2D eigenvalue weighted by atomic mass is 10.0. The highest BCUT2D eigenvalue weighted by molar-refractivity contribution is 5.67. The van der Waals surface area contributed by atoms with Gasteiger partial charge in [0.05, 0.1) is 0 Å². The van der Waals surface area contributed by atoms with E-state index in [0.717, 1.165) is 78.9 Å². The molecule has 0 amide bonds. The highest BCUT2D eigenvalue weighted by atomic mass is 15.1. The average molecular weight is 491 g/mol. The van der Waals surface area contributed by atoms with E-state index in [-0.39, 0.29) is 11.1 Å². The number of aryl methyl sites for hydroxylation is 2. The van der Waals surface area contributed by atoms with Crippen molar-refractivity contribution in [2.75, 3.05) is 36.5 Å². The monoisotopic (exact) mass is 490 g/mol. The van der Waals surface area contributed by atoms with E-state index in [2.05, 4.69) is 42.0 Å². The van der Waals surface area contributed by atoms with Gasteiger partial charge in [0.1, 0.15) is 35.4 Å². The van der Waals surface area contributed by atoms with Crippen LogP contribution in [0.5, 0.6) is 0 Å². The normalized spacial score (nSPS) is 9.73. The van der Waals surface area contributed by atoms with E-state index < -0.39 is 0 Å². The maximum Gasteiger partial charge on any atom is 0.130 e. The lowest BCUT2D eigenvalue weighted by molar-refractivity contribution is 0.626. The second-order valence-corrected chi connectivity index (χ2v) is 9.06. The molecular formula is C31H34N6. The summed E-state index contributed by atoms with van der Waals surface area (Å²) in [6.45, 7) is 9.05. The Bertz CT molecular complexity index is 1280. The van der Waals surface area contributed by atoms with Crippen molar-refractivity contribution in [3.8, 4) is 24.3 Å². The van der Waals surface area contributed by atoms with Gasteiger partial charge in [0.25, 0.3) is 0 Å². The van der Waals surface area contributed by atoms with Crippen molar-refractivity contribution in [1.29, 1.82) is 21.0 Å². The summed E-state index contributed by atoms with van der Waals surface area (Å²) in [5.41, 5.74) is 6.41. The second kappa shape index (κ2) is 14.8. The van der Waals surface area contributed by atoms with Crippen LogP contribution in [0.15, 0.2) is 47.5 Å². The fraction of sp³-hybridized carbons (Fsp3) is 0.355. The van der Waals surface area contributed by atoms with Crippen LogP contribution < -0.4 is 9.80 Å². The van der Waals surface area contributed by atoms with E-state index >= 15 is 0 Å². The molecular weight excluding hydrogens is 456 g/mol. The summed E-state index contributed by atoms with van der Waals surface area (Å²) in [7, 11) is 2.09. The van der Waals surface area contributed by atoms with Gasteiger partial charge in [-0.25, -0.2) is 0 Å². The van der Waals surface area contributed by atoms with Gasteiger partial charge in [-0.1, -0.05) is 25.0 Å². The van der Waals surface area contributed by atoms with Crippen LogP contribution in [-0.2, 0) is 0 Å². The summed E-state index contributed by atoms with van der Waals surface area (Å²) in [5, 5.41) is 35.9. The molecule has 2 aromatic carbocycles. The van der Waals surface area contributed by atoms with Gasteiger partial charge in [-0.3, -0.25) is 0 Å². The van der Waals surface area contributed by atoms with Crippen molar-refractivity contribution < 1.29 is 0 Å². The molecule has 0 saturated heterocycles. The molecule has 2 rings (SSSR count). The molecule has 0 saturated carbocycles. The molecule has 0 heterocycles. The first kappa shape index (κ1) is 28.7. The Kier molecular flexibility index (Phi) is 11.5. The number of anilines is 2. The molecule has 0 spiro atoms. The van der Waals surface area contributed by atoms with E-state index in [1.807, 2.05) is 56.3 Å². The predicted molar refractivity (Wildman–Crippen MR) is 150 cm³/mol. The fourth-order valence-corrected chi connectivity index (χ4v) is 4.17. The molecule has 188 valence electrons. The first-order chi connectivity index (χ1) is 17.9. The largest absolute Gasteiger partial charge is 0.375 e. The van der Waals surface area contributed by atoms with Crippen molar-refractivity contribution >= 4 is 23.5 Å². The second-order valence-electron chi connectivity index (χ2n) is 9.06. The summed E-state index contributed by atoms with van der Waals surface area (Å²) < 4.78 is 0. The van der Waals surface area contributed by atoms with Crippen LogP contribution in [0.25, 0.3) is 12.2 Å². The minimum absolute atomic E-state index is 0.111. The standard InChI is InChI=1S/C31H34N6/c1-5-37(31-13-11-29(25(3)17-31)19-27(22-34)23-35)15-9-7-6-8-14-36(4)30-12-10-28(24(2)16-30)18-26(20-32)21-33/h10-13,16-19H,5-9,14-15H2,1-4H3. The molecule has 0 fully saturated rings. The molecule has 0 aliphatic heterocycles. The topological polar surface area (TPSA) is 102 Å². The number of nitrogens with zero attached hydrogens (tertiary/aromatic N) is 6. The SMILES string of the molecule is CCN(CCCCCCN(C)c1ccc(C=C(C#N)C#N)c(C)c1)c1ccc(C=C(C#N)C#N)c(C)c1. The van der Waals surface area contributed by atoms with E-state index in [4.69, 9.17) is 21.0 Å². The number of rotatable bonds is 12. The number of benzene rings is 2. The Balaban J connectivity index is 1.83. The predicted octanol–water partition coefficient (Wildman–Crippen LogP) is 6.69. The van der Waals surface area contributed by atoms with Gasteiger partial charge in [0.2, 0.25) is 0 Å². The molecule has 0 bridgehead atoms. The van der Waals surface area contributed by atoms with E-state index in [1.165, 1.54) is 0 Å². The van der Waals surface area contributed by atoms with Crippen molar-refractivity contribution in [3.05, 3.63) is 69.8 Å².